The van der Waals surface area contributed by atoms with E-state index in [9.17, 15) is 9.18 Å². The summed E-state index contributed by atoms with van der Waals surface area (Å²) in [5.41, 5.74) is 7.81. The molecular formula is C9H14FN3O. The van der Waals surface area contributed by atoms with Crippen LogP contribution in [0.4, 0.5) is 9.18 Å². The van der Waals surface area contributed by atoms with Gasteiger partial charge in [0, 0.05) is 11.6 Å². The quantitative estimate of drug-likeness (QED) is 0.515. The van der Waals surface area contributed by atoms with Crippen molar-refractivity contribution in [2.45, 2.75) is 26.2 Å². The van der Waals surface area contributed by atoms with E-state index < -0.39 is 6.03 Å². The molecule has 14 heavy (non-hydrogen) atoms. The van der Waals surface area contributed by atoms with Crippen LogP contribution in [-0.4, -0.2) is 11.7 Å². The Labute approximate surface area is 82.0 Å². The zero-order valence-electron chi connectivity index (χ0n) is 8.09. The monoisotopic (exact) mass is 199 g/mol. The molecule has 0 fully saturated rings. The van der Waals surface area contributed by atoms with Gasteiger partial charge in [-0.1, -0.05) is 6.08 Å². The van der Waals surface area contributed by atoms with Gasteiger partial charge in [-0.15, -0.1) is 0 Å². The van der Waals surface area contributed by atoms with Gasteiger partial charge < -0.3 is 5.73 Å². The molecular weight excluding hydrogens is 185 g/mol. The third kappa shape index (κ3) is 3.16. The summed E-state index contributed by atoms with van der Waals surface area (Å²) in [6, 6.07) is -0.679. The summed E-state index contributed by atoms with van der Waals surface area (Å²) in [4.78, 5) is 10.4. The molecule has 1 unspecified atom stereocenters. The van der Waals surface area contributed by atoms with E-state index in [4.69, 9.17) is 5.73 Å². The van der Waals surface area contributed by atoms with Crippen molar-refractivity contribution in [2.24, 2.45) is 16.8 Å². The number of allylic oxidation sites excluding steroid dienone is 2. The molecule has 0 saturated carbocycles. The highest BCUT2D eigenvalue weighted by atomic mass is 19.1. The Morgan fingerprint density at radius 2 is 2.50 bits per heavy atom. The molecule has 1 rings (SSSR count). The molecule has 0 aromatic heterocycles. The maximum atomic E-state index is 12.7. The fourth-order valence-corrected chi connectivity index (χ4v) is 1.42. The van der Waals surface area contributed by atoms with Crippen molar-refractivity contribution < 1.29 is 9.18 Å². The lowest BCUT2D eigenvalue weighted by atomic mass is 9.90. The van der Waals surface area contributed by atoms with Crippen LogP contribution in [0, 0.1) is 5.92 Å². The molecule has 0 saturated heterocycles. The lowest BCUT2D eigenvalue weighted by Crippen LogP contribution is -2.27. The third-order valence-electron chi connectivity index (χ3n) is 2.29. The van der Waals surface area contributed by atoms with Crippen molar-refractivity contribution in [3.05, 3.63) is 11.9 Å². The molecule has 0 spiro atoms. The second-order valence-electron chi connectivity index (χ2n) is 3.35. The summed E-state index contributed by atoms with van der Waals surface area (Å²) >= 11 is 0. The summed E-state index contributed by atoms with van der Waals surface area (Å²) < 4.78 is 12.7. The van der Waals surface area contributed by atoms with Crippen LogP contribution in [0.2, 0.25) is 0 Å². The fraction of sp³-hybridized carbons (Fsp3) is 0.556. The van der Waals surface area contributed by atoms with E-state index in [1.165, 1.54) is 0 Å². The van der Waals surface area contributed by atoms with Crippen LogP contribution >= 0.6 is 0 Å². The molecule has 78 valence electrons. The predicted molar refractivity (Wildman–Crippen MR) is 52.4 cm³/mol. The molecule has 2 amide bonds. The lowest BCUT2D eigenvalue weighted by molar-refractivity contribution is 0.249. The van der Waals surface area contributed by atoms with Crippen molar-refractivity contribution in [2.75, 3.05) is 0 Å². The SMILES string of the molecule is C/C(=N\NC(N)=O)C1CC=C(F)CC1. The Morgan fingerprint density at radius 1 is 1.79 bits per heavy atom. The number of hydrazone groups is 1. The van der Waals surface area contributed by atoms with E-state index >= 15 is 0 Å². The van der Waals surface area contributed by atoms with Gasteiger partial charge in [0.2, 0.25) is 0 Å². The van der Waals surface area contributed by atoms with Crippen molar-refractivity contribution >= 4 is 11.7 Å². The van der Waals surface area contributed by atoms with E-state index in [1.54, 1.807) is 13.0 Å². The number of urea groups is 1. The first kappa shape index (κ1) is 10.7. The number of carbonyl (C=O) groups is 1. The van der Waals surface area contributed by atoms with E-state index in [1.807, 2.05) is 0 Å². The topological polar surface area (TPSA) is 67.5 Å². The number of hydrogen-bond acceptors (Lipinski definition) is 2. The number of primary amides is 1. The van der Waals surface area contributed by atoms with Gasteiger partial charge in [-0.2, -0.15) is 5.10 Å². The number of hydrogen-bond donors (Lipinski definition) is 2. The molecule has 4 nitrogen and oxygen atoms in total. The second kappa shape index (κ2) is 4.74. The second-order valence-corrected chi connectivity index (χ2v) is 3.35. The molecule has 1 atom stereocenters. The molecule has 0 aromatic carbocycles. The minimum Gasteiger partial charge on any atom is -0.350 e. The molecule has 0 aromatic rings. The fourth-order valence-electron chi connectivity index (χ4n) is 1.42. The maximum Gasteiger partial charge on any atom is 0.332 e. The number of nitrogens with zero attached hydrogens (tertiary/aromatic N) is 1. The molecule has 0 bridgehead atoms. The van der Waals surface area contributed by atoms with E-state index in [0.717, 1.165) is 12.1 Å². The van der Waals surface area contributed by atoms with Crippen LogP contribution in [0.3, 0.4) is 0 Å². The molecule has 1 aliphatic rings. The number of halogens is 1. The smallest absolute Gasteiger partial charge is 0.332 e. The zero-order chi connectivity index (χ0) is 10.6. The Balaban J connectivity index is 2.49. The van der Waals surface area contributed by atoms with Gasteiger partial charge in [0.05, 0.1) is 5.83 Å². The van der Waals surface area contributed by atoms with Gasteiger partial charge in [0.15, 0.2) is 0 Å². The van der Waals surface area contributed by atoms with Gasteiger partial charge in [0.25, 0.3) is 0 Å². The normalized spacial score (nSPS) is 22.9. The average Bonchev–Trinajstić information content (AvgIpc) is 2.15. The number of carbonyl (C=O) groups excluding carboxylic acids is 1. The first-order valence-corrected chi connectivity index (χ1v) is 4.53. The Morgan fingerprint density at radius 3 is 3.00 bits per heavy atom. The van der Waals surface area contributed by atoms with Crippen LogP contribution in [0.1, 0.15) is 26.2 Å². The summed E-state index contributed by atoms with van der Waals surface area (Å²) in [6.07, 6.45) is 3.39. The first-order chi connectivity index (χ1) is 6.59. The Bertz CT molecular complexity index is 286. The van der Waals surface area contributed by atoms with Crippen molar-refractivity contribution in [3.8, 4) is 0 Å². The molecule has 0 radical (unpaired) electrons. The highest BCUT2D eigenvalue weighted by molar-refractivity contribution is 5.86. The number of amides is 2. The Hall–Kier alpha value is -1.39. The summed E-state index contributed by atoms with van der Waals surface area (Å²) in [6.45, 7) is 1.80. The largest absolute Gasteiger partial charge is 0.350 e. The molecule has 0 heterocycles. The van der Waals surface area contributed by atoms with Crippen molar-refractivity contribution in [1.29, 1.82) is 0 Å². The van der Waals surface area contributed by atoms with Gasteiger partial charge in [-0.05, 0) is 26.2 Å². The highest BCUT2D eigenvalue weighted by Gasteiger charge is 2.16. The predicted octanol–water partition coefficient (Wildman–Crippen LogP) is 1.68. The van der Waals surface area contributed by atoms with Gasteiger partial charge in [0.1, 0.15) is 0 Å². The Kier molecular flexibility index (Phi) is 3.62. The van der Waals surface area contributed by atoms with Crippen molar-refractivity contribution in [3.63, 3.8) is 0 Å². The van der Waals surface area contributed by atoms with Crippen LogP contribution in [0.15, 0.2) is 17.0 Å². The first-order valence-electron chi connectivity index (χ1n) is 4.53. The van der Waals surface area contributed by atoms with Crippen LogP contribution in [0.25, 0.3) is 0 Å². The summed E-state index contributed by atoms with van der Waals surface area (Å²) in [7, 11) is 0. The minimum atomic E-state index is -0.679. The molecule has 5 heteroatoms. The summed E-state index contributed by atoms with van der Waals surface area (Å²) in [5, 5.41) is 3.81. The third-order valence-corrected chi connectivity index (χ3v) is 2.29. The number of rotatable bonds is 2. The standard InChI is InChI=1S/C9H14FN3O/c1-6(12-13-9(11)14)7-2-4-8(10)5-3-7/h4,7H,2-3,5H2,1H3,(H3,11,13,14)/b12-6+. The minimum absolute atomic E-state index is 0.0584. The van der Waals surface area contributed by atoms with E-state index in [0.29, 0.717) is 12.8 Å². The van der Waals surface area contributed by atoms with E-state index in [-0.39, 0.29) is 11.7 Å². The number of nitrogens with one attached hydrogen (secondary N) is 1. The van der Waals surface area contributed by atoms with Crippen LogP contribution in [0.5, 0.6) is 0 Å². The maximum absolute atomic E-state index is 12.7. The lowest BCUT2D eigenvalue weighted by Gasteiger charge is -2.18. The summed E-state index contributed by atoms with van der Waals surface area (Å²) in [5.74, 6) is 0.151. The van der Waals surface area contributed by atoms with Gasteiger partial charge >= 0.3 is 6.03 Å². The zero-order valence-corrected chi connectivity index (χ0v) is 8.09. The number of nitrogens with two attached hydrogens (primary N) is 1. The molecule has 3 N–H and O–H groups in total. The van der Waals surface area contributed by atoms with Crippen LogP contribution in [-0.2, 0) is 0 Å². The van der Waals surface area contributed by atoms with Gasteiger partial charge in [-0.25, -0.2) is 14.6 Å². The van der Waals surface area contributed by atoms with Gasteiger partial charge in [-0.3, -0.25) is 0 Å². The average molecular weight is 199 g/mol. The highest BCUT2D eigenvalue weighted by Crippen LogP contribution is 2.24. The molecule has 1 aliphatic carbocycles. The van der Waals surface area contributed by atoms with Crippen LogP contribution < -0.4 is 11.2 Å². The van der Waals surface area contributed by atoms with E-state index in [2.05, 4.69) is 10.5 Å². The van der Waals surface area contributed by atoms with Crippen molar-refractivity contribution in [1.82, 2.24) is 5.43 Å². The molecule has 0 aliphatic heterocycles.